The van der Waals surface area contributed by atoms with E-state index in [4.69, 9.17) is 15.2 Å². The van der Waals surface area contributed by atoms with E-state index in [0.717, 1.165) is 25.3 Å². The van der Waals surface area contributed by atoms with Crippen LogP contribution in [0.25, 0.3) is 0 Å². The summed E-state index contributed by atoms with van der Waals surface area (Å²) in [5.41, 5.74) is 0. The fourth-order valence-corrected chi connectivity index (χ4v) is 2.95. The van der Waals surface area contributed by atoms with Crippen LogP contribution in [-0.2, 0) is 11.2 Å². The molecule has 1 fully saturated rings. The zero-order valence-corrected chi connectivity index (χ0v) is 11.2. The van der Waals surface area contributed by atoms with E-state index in [2.05, 4.69) is 22.1 Å². The predicted molar refractivity (Wildman–Crippen MR) is 73.9 cm³/mol. The van der Waals surface area contributed by atoms with Crippen molar-refractivity contribution in [2.45, 2.75) is 6.42 Å². The second-order valence-electron chi connectivity index (χ2n) is 4.39. The first-order valence-electron chi connectivity index (χ1n) is 6.10. The summed E-state index contributed by atoms with van der Waals surface area (Å²) in [4.78, 5) is 9.65. The van der Waals surface area contributed by atoms with Gasteiger partial charge >= 0.3 is 5.96 Å². The first kappa shape index (κ1) is 12.4. The lowest BCUT2D eigenvalue weighted by atomic mass is 10.3. The molecule has 6 nitrogen and oxygen atoms in total. The number of aliphatic imine (C=N–C) groups is 2. The van der Waals surface area contributed by atoms with Gasteiger partial charge in [-0.15, -0.1) is 20.9 Å². The lowest BCUT2D eigenvalue weighted by molar-refractivity contribution is -0.855. The number of quaternary nitrogens is 1. The number of ether oxygens (including phenoxy) is 1. The molecule has 0 atom stereocenters. The summed E-state index contributed by atoms with van der Waals surface area (Å²) in [6.07, 6.45) is 0.718. The monoisotopic (exact) mass is 276 g/mol. The molecule has 1 N–H and O–H groups in total. The van der Waals surface area contributed by atoms with E-state index in [9.17, 15) is 0 Å². The van der Waals surface area contributed by atoms with Crippen molar-refractivity contribution in [3.05, 3.63) is 22.4 Å². The summed E-state index contributed by atoms with van der Waals surface area (Å²) >= 11 is 1.69. The molecule has 19 heavy (non-hydrogen) atoms. The Labute approximate surface area is 114 Å². The molecule has 3 heterocycles. The third kappa shape index (κ3) is 2.41. The summed E-state index contributed by atoms with van der Waals surface area (Å²) < 4.78 is 5.73. The highest BCUT2D eigenvalue weighted by Crippen LogP contribution is 2.23. The normalized spacial score (nSPS) is 20.8. The summed E-state index contributed by atoms with van der Waals surface area (Å²) in [6.45, 7) is 2.72. The van der Waals surface area contributed by atoms with Crippen molar-refractivity contribution in [1.29, 1.82) is 5.41 Å². The van der Waals surface area contributed by atoms with E-state index in [1.54, 1.807) is 11.3 Å². The Bertz CT molecular complexity index is 565. The lowest BCUT2D eigenvalue weighted by Gasteiger charge is -2.29. The molecule has 98 valence electrons. The number of amidine groups is 1. The maximum absolute atomic E-state index is 7.04. The molecule has 0 unspecified atom stereocenters. The van der Waals surface area contributed by atoms with Crippen molar-refractivity contribution in [2.75, 3.05) is 26.3 Å². The van der Waals surface area contributed by atoms with Gasteiger partial charge in [0, 0.05) is 11.3 Å². The van der Waals surface area contributed by atoms with Gasteiger partial charge in [-0.3, -0.25) is 0 Å². The molecule has 0 radical (unpaired) electrons. The standard InChI is InChI=1S/C12H14N5OS/c13-9-14-12-15-11(8-10-2-1-7-19-10)16-17(12)3-5-18-6-4-17/h1-2,7,13H,3-6,8H2/q+1. The number of nitrogens with zero attached hydrogens (tertiary/aromatic N) is 4. The third-order valence-electron chi connectivity index (χ3n) is 3.19. The molecular formula is C12H14N5OS+. The molecule has 1 spiro atoms. The number of nitrogens with one attached hydrogen (secondary N) is 1. The first-order chi connectivity index (χ1) is 9.32. The van der Waals surface area contributed by atoms with Crippen LogP contribution < -0.4 is 0 Å². The minimum atomic E-state index is 0.354. The van der Waals surface area contributed by atoms with Crippen molar-refractivity contribution in [3.63, 3.8) is 0 Å². The largest absolute Gasteiger partial charge is 0.370 e. The summed E-state index contributed by atoms with van der Waals surface area (Å²) in [6, 6.07) is 6.17. The van der Waals surface area contributed by atoms with Gasteiger partial charge in [0.15, 0.2) is 5.84 Å². The Morgan fingerprint density at radius 1 is 1.47 bits per heavy atom. The maximum Gasteiger partial charge on any atom is 0.367 e. The minimum absolute atomic E-state index is 0.354. The second-order valence-corrected chi connectivity index (χ2v) is 5.42. The van der Waals surface area contributed by atoms with Crippen LogP contribution in [0.5, 0.6) is 0 Å². The fraction of sp³-hybridized carbons (Fsp3) is 0.417. The second kappa shape index (κ2) is 5.14. The summed E-state index contributed by atoms with van der Waals surface area (Å²) in [5.74, 6) is 1.34. The molecule has 7 heteroatoms. The number of guanidine groups is 1. The molecule has 0 aliphatic carbocycles. The maximum atomic E-state index is 7.04. The van der Waals surface area contributed by atoms with Crippen LogP contribution in [0.1, 0.15) is 4.88 Å². The van der Waals surface area contributed by atoms with E-state index >= 15 is 0 Å². The third-order valence-corrected chi connectivity index (χ3v) is 4.06. The van der Waals surface area contributed by atoms with Crippen molar-refractivity contribution in [3.8, 4) is 0 Å². The molecule has 2 aliphatic rings. The topological polar surface area (TPSA) is 70.2 Å². The van der Waals surface area contributed by atoms with E-state index in [-0.39, 0.29) is 0 Å². The van der Waals surface area contributed by atoms with E-state index in [0.29, 0.717) is 23.8 Å². The molecule has 1 saturated heterocycles. The average Bonchev–Trinajstić information content (AvgIpc) is 3.02. The molecule has 0 aromatic carbocycles. The Morgan fingerprint density at radius 3 is 3.00 bits per heavy atom. The zero-order valence-electron chi connectivity index (χ0n) is 10.4. The SMILES string of the molecule is N=C=NC1=NC(Cc2cccs2)=N[N+]12CCOCC2. The minimum Gasteiger partial charge on any atom is -0.370 e. The van der Waals surface area contributed by atoms with Gasteiger partial charge in [0.2, 0.25) is 0 Å². The van der Waals surface area contributed by atoms with Gasteiger partial charge in [-0.25, -0.2) is 5.41 Å². The Morgan fingerprint density at radius 2 is 2.32 bits per heavy atom. The van der Waals surface area contributed by atoms with Crippen LogP contribution in [0.3, 0.4) is 0 Å². The fourth-order valence-electron chi connectivity index (χ4n) is 2.25. The molecular weight excluding hydrogens is 262 g/mol. The van der Waals surface area contributed by atoms with Gasteiger partial charge in [-0.05, 0) is 11.4 Å². The van der Waals surface area contributed by atoms with E-state index in [1.165, 1.54) is 4.88 Å². The highest BCUT2D eigenvalue weighted by molar-refractivity contribution is 7.10. The highest BCUT2D eigenvalue weighted by atomic mass is 32.1. The predicted octanol–water partition coefficient (Wildman–Crippen LogP) is 1.57. The van der Waals surface area contributed by atoms with Crippen molar-refractivity contribution >= 4 is 29.1 Å². The lowest BCUT2D eigenvalue weighted by Crippen LogP contribution is -2.52. The van der Waals surface area contributed by atoms with Crippen LogP contribution in [0.2, 0.25) is 0 Å². The van der Waals surface area contributed by atoms with Gasteiger partial charge in [0.05, 0.1) is 19.2 Å². The zero-order chi connectivity index (χ0) is 13.1. The molecule has 0 bridgehead atoms. The van der Waals surface area contributed by atoms with Gasteiger partial charge in [0.1, 0.15) is 13.1 Å². The van der Waals surface area contributed by atoms with Crippen LogP contribution in [0, 0.1) is 5.41 Å². The van der Waals surface area contributed by atoms with Crippen LogP contribution in [-0.4, -0.2) is 48.7 Å². The highest BCUT2D eigenvalue weighted by Gasteiger charge is 2.42. The van der Waals surface area contributed by atoms with Gasteiger partial charge < -0.3 is 4.74 Å². The number of morpholine rings is 1. The molecule has 0 saturated carbocycles. The van der Waals surface area contributed by atoms with E-state index in [1.807, 2.05) is 11.4 Å². The van der Waals surface area contributed by atoms with Gasteiger partial charge in [-0.2, -0.15) is 4.99 Å². The quantitative estimate of drug-likeness (QED) is 0.646. The summed E-state index contributed by atoms with van der Waals surface area (Å²) in [7, 11) is 0. The average molecular weight is 276 g/mol. The van der Waals surface area contributed by atoms with Crippen LogP contribution in [0.15, 0.2) is 32.6 Å². The molecule has 0 amide bonds. The van der Waals surface area contributed by atoms with Crippen LogP contribution >= 0.6 is 11.3 Å². The van der Waals surface area contributed by atoms with Crippen molar-refractivity contribution in [1.82, 2.24) is 0 Å². The Kier molecular flexibility index (Phi) is 3.35. The number of thiophene rings is 1. The van der Waals surface area contributed by atoms with Crippen LogP contribution in [0.4, 0.5) is 0 Å². The smallest absolute Gasteiger partial charge is 0.367 e. The first-order valence-corrected chi connectivity index (χ1v) is 6.98. The molecule has 1 aromatic rings. The van der Waals surface area contributed by atoms with Gasteiger partial charge in [-0.1, -0.05) is 11.2 Å². The molecule has 1 aromatic heterocycles. The Balaban J connectivity index is 1.88. The van der Waals surface area contributed by atoms with Crippen molar-refractivity contribution in [2.24, 2.45) is 15.1 Å². The number of rotatable bonds is 2. The summed E-state index contributed by atoms with van der Waals surface area (Å²) in [5, 5.41) is 13.8. The van der Waals surface area contributed by atoms with Gasteiger partial charge in [0.25, 0.3) is 0 Å². The molecule has 2 aliphatic heterocycles. The van der Waals surface area contributed by atoms with Crippen molar-refractivity contribution < 1.29 is 9.33 Å². The molecule has 3 rings (SSSR count). The Hall–Kier alpha value is -1.66. The number of hydrogen-bond acceptors (Lipinski definition) is 6. The van der Waals surface area contributed by atoms with E-state index < -0.39 is 0 Å². The number of hydrogen-bond donors (Lipinski definition) is 1.